The van der Waals surface area contributed by atoms with Crippen LogP contribution in [0.5, 0.6) is 11.8 Å². The zero-order chi connectivity index (χ0) is 19.9. The number of benzene rings is 1. The lowest BCUT2D eigenvalue weighted by atomic mass is 10.1. The van der Waals surface area contributed by atoms with E-state index in [-0.39, 0.29) is 18.1 Å². The van der Waals surface area contributed by atoms with E-state index in [9.17, 15) is 4.79 Å². The SMILES string of the molecule is CC(C)Oc1cc(C(=O)Nc2nccs2)cc(OC(C)Cc2ccccc2)n1. The summed E-state index contributed by atoms with van der Waals surface area (Å²) in [6, 6.07) is 13.3. The maximum absolute atomic E-state index is 12.6. The molecule has 1 atom stereocenters. The first-order valence-corrected chi connectivity index (χ1v) is 9.97. The van der Waals surface area contributed by atoms with Crippen LogP contribution >= 0.6 is 11.3 Å². The quantitative estimate of drug-likeness (QED) is 0.602. The molecular weight excluding hydrogens is 374 g/mol. The van der Waals surface area contributed by atoms with Gasteiger partial charge in [0.2, 0.25) is 11.8 Å². The molecule has 1 N–H and O–H groups in total. The van der Waals surface area contributed by atoms with Crippen molar-refractivity contribution in [3.05, 3.63) is 65.2 Å². The molecule has 0 bridgehead atoms. The Morgan fingerprint density at radius 1 is 1.11 bits per heavy atom. The molecule has 146 valence electrons. The molecule has 2 aromatic heterocycles. The summed E-state index contributed by atoms with van der Waals surface area (Å²) in [6.07, 6.45) is 2.19. The summed E-state index contributed by atoms with van der Waals surface area (Å²) in [5.74, 6) is 0.418. The van der Waals surface area contributed by atoms with E-state index < -0.39 is 0 Å². The highest BCUT2D eigenvalue weighted by atomic mass is 32.1. The number of rotatable bonds is 8. The molecule has 28 heavy (non-hydrogen) atoms. The highest BCUT2D eigenvalue weighted by Gasteiger charge is 2.15. The van der Waals surface area contributed by atoms with E-state index in [1.54, 1.807) is 23.7 Å². The summed E-state index contributed by atoms with van der Waals surface area (Å²) in [5.41, 5.74) is 1.58. The summed E-state index contributed by atoms with van der Waals surface area (Å²) in [6.45, 7) is 5.78. The summed E-state index contributed by atoms with van der Waals surface area (Å²) in [4.78, 5) is 21.1. The third kappa shape index (κ3) is 5.79. The van der Waals surface area contributed by atoms with Crippen molar-refractivity contribution in [2.24, 2.45) is 0 Å². The highest BCUT2D eigenvalue weighted by Crippen LogP contribution is 2.22. The fourth-order valence-electron chi connectivity index (χ4n) is 2.62. The van der Waals surface area contributed by atoms with Crippen LogP contribution in [0, 0.1) is 0 Å². The number of hydrogen-bond acceptors (Lipinski definition) is 6. The second-order valence-electron chi connectivity index (χ2n) is 6.61. The number of carbonyl (C=O) groups is 1. The predicted octanol–water partition coefficient (Wildman–Crippen LogP) is 4.59. The molecule has 0 fully saturated rings. The van der Waals surface area contributed by atoms with Crippen molar-refractivity contribution < 1.29 is 14.3 Å². The first-order valence-electron chi connectivity index (χ1n) is 9.10. The van der Waals surface area contributed by atoms with Gasteiger partial charge in [-0.25, -0.2) is 4.98 Å². The summed E-state index contributed by atoms with van der Waals surface area (Å²) >= 11 is 1.36. The molecule has 0 radical (unpaired) electrons. The van der Waals surface area contributed by atoms with Gasteiger partial charge in [0.05, 0.1) is 11.7 Å². The van der Waals surface area contributed by atoms with Crippen molar-refractivity contribution >= 4 is 22.4 Å². The van der Waals surface area contributed by atoms with Gasteiger partial charge >= 0.3 is 0 Å². The Labute approximate surface area is 168 Å². The van der Waals surface area contributed by atoms with Crippen LogP contribution in [-0.2, 0) is 6.42 Å². The monoisotopic (exact) mass is 397 g/mol. The van der Waals surface area contributed by atoms with Crippen LogP contribution in [0.25, 0.3) is 0 Å². The van der Waals surface area contributed by atoms with Crippen LogP contribution in [0.1, 0.15) is 36.7 Å². The first kappa shape index (κ1) is 19.8. The summed E-state index contributed by atoms with van der Waals surface area (Å²) < 4.78 is 11.7. The standard InChI is InChI=1S/C21H23N3O3S/c1-14(2)26-18-12-17(20(25)24-21-22-9-10-28-21)13-19(23-18)27-15(3)11-16-7-5-4-6-8-16/h4-10,12-15H,11H2,1-3H3,(H,22,24,25). The molecule has 2 heterocycles. The van der Waals surface area contributed by atoms with Crippen molar-refractivity contribution in [1.82, 2.24) is 9.97 Å². The van der Waals surface area contributed by atoms with E-state index in [4.69, 9.17) is 9.47 Å². The molecule has 0 aliphatic rings. The minimum atomic E-state index is -0.286. The minimum absolute atomic E-state index is 0.0700. The number of hydrogen-bond donors (Lipinski definition) is 1. The Morgan fingerprint density at radius 3 is 2.46 bits per heavy atom. The lowest BCUT2D eigenvalue weighted by Gasteiger charge is -2.16. The lowest BCUT2D eigenvalue weighted by molar-refractivity contribution is 0.102. The van der Waals surface area contributed by atoms with E-state index in [2.05, 4.69) is 27.4 Å². The molecular formula is C21H23N3O3S. The van der Waals surface area contributed by atoms with Gasteiger partial charge in [-0.05, 0) is 26.3 Å². The van der Waals surface area contributed by atoms with Crippen molar-refractivity contribution in [3.8, 4) is 11.8 Å². The maximum Gasteiger partial charge on any atom is 0.257 e. The molecule has 0 saturated carbocycles. The van der Waals surface area contributed by atoms with Gasteiger partial charge in [-0.3, -0.25) is 10.1 Å². The number of aromatic nitrogens is 2. The molecule has 7 heteroatoms. The van der Waals surface area contributed by atoms with Crippen LogP contribution in [-0.4, -0.2) is 28.1 Å². The summed E-state index contributed by atoms with van der Waals surface area (Å²) in [5, 5.41) is 5.10. The molecule has 1 amide bonds. The molecule has 1 aromatic carbocycles. The molecule has 3 aromatic rings. The molecule has 1 unspecified atom stereocenters. The second kappa shape index (κ2) is 9.32. The second-order valence-corrected chi connectivity index (χ2v) is 7.50. The third-order valence-electron chi connectivity index (χ3n) is 3.74. The van der Waals surface area contributed by atoms with Crippen molar-refractivity contribution in [1.29, 1.82) is 0 Å². The van der Waals surface area contributed by atoms with Crippen LogP contribution in [0.4, 0.5) is 5.13 Å². The van der Waals surface area contributed by atoms with Crippen LogP contribution in [0.2, 0.25) is 0 Å². The van der Waals surface area contributed by atoms with Gasteiger partial charge in [-0.15, -0.1) is 11.3 Å². The van der Waals surface area contributed by atoms with Crippen LogP contribution in [0.3, 0.4) is 0 Å². The van der Waals surface area contributed by atoms with Crippen LogP contribution in [0.15, 0.2) is 54.0 Å². The van der Waals surface area contributed by atoms with Gasteiger partial charge in [-0.1, -0.05) is 30.3 Å². The first-order chi connectivity index (χ1) is 13.5. The fourth-order valence-corrected chi connectivity index (χ4v) is 3.15. The van der Waals surface area contributed by atoms with Gasteiger partial charge in [-0.2, -0.15) is 4.98 Å². The highest BCUT2D eigenvalue weighted by molar-refractivity contribution is 7.13. The smallest absolute Gasteiger partial charge is 0.257 e. The minimum Gasteiger partial charge on any atom is -0.475 e. The average molecular weight is 398 g/mol. The van der Waals surface area contributed by atoms with Gasteiger partial charge in [0.15, 0.2) is 5.13 Å². The van der Waals surface area contributed by atoms with Gasteiger partial charge in [0.1, 0.15) is 6.10 Å². The Morgan fingerprint density at radius 2 is 1.82 bits per heavy atom. The Balaban J connectivity index is 1.77. The van der Waals surface area contributed by atoms with Crippen LogP contribution < -0.4 is 14.8 Å². The number of carbonyl (C=O) groups excluding carboxylic acids is 1. The summed E-state index contributed by atoms with van der Waals surface area (Å²) in [7, 11) is 0. The predicted molar refractivity (Wildman–Crippen MR) is 110 cm³/mol. The van der Waals surface area contributed by atoms with Crippen molar-refractivity contribution in [3.63, 3.8) is 0 Å². The number of nitrogens with one attached hydrogen (secondary N) is 1. The fraction of sp³-hybridized carbons (Fsp3) is 0.286. The lowest BCUT2D eigenvalue weighted by Crippen LogP contribution is -2.18. The molecule has 0 spiro atoms. The largest absolute Gasteiger partial charge is 0.475 e. The Hall–Kier alpha value is -2.93. The van der Waals surface area contributed by atoms with E-state index in [0.717, 1.165) is 6.42 Å². The molecule has 0 saturated heterocycles. The topological polar surface area (TPSA) is 73.3 Å². The number of anilines is 1. The maximum atomic E-state index is 12.6. The van der Waals surface area contributed by atoms with Gasteiger partial charge < -0.3 is 9.47 Å². The number of nitrogens with zero attached hydrogens (tertiary/aromatic N) is 2. The Kier molecular flexibility index (Phi) is 6.60. The van der Waals surface area contributed by atoms with E-state index in [1.165, 1.54) is 16.9 Å². The molecule has 0 aliphatic carbocycles. The zero-order valence-electron chi connectivity index (χ0n) is 16.1. The van der Waals surface area contributed by atoms with Crippen molar-refractivity contribution in [2.45, 2.75) is 39.4 Å². The number of thiazole rings is 1. The van der Waals surface area contributed by atoms with E-state index in [1.807, 2.05) is 39.0 Å². The van der Waals surface area contributed by atoms with E-state index in [0.29, 0.717) is 22.5 Å². The number of pyridine rings is 1. The third-order valence-corrected chi connectivity index (χ3v) is 4.43. The number of ether oxygens (including phenoxy) is 2. The molecule has 3 rings (SSSR count). The average Bonchev–Trinajstić information content (AvgIpc) is 3.14. The van der Waals surface area contributed by atoms with Crippen molar-refractivity contribution in [2.75, 3.05) is 5.32 Å². The number of amides is 1. The molecule has 0 aliphatic heterocycles. The van der Waals surface area contributed by atoms with E-state index >= 15 is 0 Å². The molecule has 6 nitrogen and oxygen atoms in total. The Bertz CT molecular complexity index is 899. The van der Waals surface area contributed by atoms with Gasteiger partial charge in [0.25, 0.3) is 5.91 Å². The normalized spacial score (nSPS) is 11.9. The zero-order valence-corrected chi connectivity index (χ0v) is 16.9. The van der Waals surface area contributed by atoms with Gasteiger partial charge in [0, 0.05) is 30.1 Å².